The first kappa shape index (κ1) is 16.1. The maximum Gasteiger partial charge on any atom is 0.322 e. The van der Waals surface area contributed by atoms with Crippen LogP contribution in [0.25, 0.3) is 0 Å². The van der Waals surface area contributed by atoms with Crippen LogP contribution in [0.2, 0.25) is 0 Å². The minimum Gasteiger partial charge on any atom is -0.468 e. The van der Waals surface area contributed by atoms with Gasteiger partial charge in [-0.2, -0.15) is 0 Å². The molecule has 1 atom stereocenters. The molecule has 0 radical (unpaired) electrons. The van der Waals surface area contributed by atoms with E-state index in [9.17, 15) is 14.9 Å². The van der Waals surface area contributed by atoms with Gasteiger partial charge in [0.25, 0.3) is 5.69 Å². The molecule has 20 heavy (non-hydrogen) atoms. The predicted molar refractivity (Wildman–Crippen MR) is 75.2 cm³/mol. The molecule has 0 aromatic heterocycles. The highest BCUT2D eigenvalue weighted by Crippen LogP contribution is 2.18. The van der Waals surface area contributed by atoms with Gasteiger partial charge in [0.05, 0.1) is 12.0 Å². The first-order valence-electron chi connectivity index (χ1n) is 6.49. The lowest BCUT2D eigenvalue weighted by atomic mass is 10.0. The van der Waals surface area contributed by atoms with Crippen molar-refractivity contribution in [1.29, 1.82) is 0 Å². The summed E-state index contributed by atoms with van der Waals surface area (Å²) in [6, 6.07) is 6.02. The summed E-state index contributed by atoms with van der Waals surface area (Å²) < 4.78 is 4.74. The van der Waals surface area contributed by atoms with Crippen LogP contribution in [0, 0.1) is 16.0 Å². The fourth-order valence-corrected chi connectivity index (χ4v) is 1.95. The average Bonchev–Trinajstić information content (AvgIpc) is 2.42. The van der Waals surface area contributed by atoms with Gasteiger partial charge in [0.15, 0.2) is 0 Å². The van der Waals surface area contributed by atoms with Crippen LogP contribution in [0.15, 0.2) is 24.3 Å². The molecule has 6 nitrogen and oxygen atoms in total. The molecule has 0 heterocycles. The molecular formula is C14H20N2O4. The summed E-state index contributed by atoms with van der Waals surface area (Å²) >= 11 is 0. The number of carbonyl (C=O) groups excluding carboxylic acids is 1. The van der Waals surface area contributed by atoms with Crippen molar-refractivity contribution >= 4 is 11.7 Å². The highest BCUT2D eigenvalue weighted by molar-refractivity contribution is 5.75. The van der Waals surface area contributed by atoms with Crippen molar-refractivity contribution in [3.8, 4) is 0 Å². The second-order valence-corrected chi connectivity index (χ2v) is 4.97. The lowest BCUT2D eigenvalue weighted by Crippen LogP contribution is -2.38. The standard InChI is InChI=1S/C14H20N2O4/c1-10(2)8-12(14(17)20-3)15-9-11-6-4-5-7-13(11)16(18)19/h4-7,10,12,15H,8-9H2,1-3H3. The maximum absolute atomic E-state index is 11.7. The third kappa shape index (κ3) is 4.62. The Labute approximate surface area is 118 Å². The van der Waals surface area contributed by atoms with Gasteiger partial charge in [0.1, 0.15) is 6.04 Å². The Bertz CT molecular complexity index is 474. The van der Waals surface area contributed by atoms with E-state index in [0.29, 0.717) is 17.9 Å². The summed E-state index contributed by atoms with van der Waals surface area (Å²) in [6.45, 7) is 4.26. The number of nitro groups is 1. The van der Waals surface area contributed by atoms with Gasteiger partial charge in [0, 0.05) is 18.2 Å². The highest BCUT2D eigenvalue weighted by Gasteiger charge is 2.21. The number of nitro benzene ring substituents is 1. The predicted octanol–water partition coefficient (Wildman–Crippen LogP) is 2.27. The molecule has 110 valence electrons. The zero-order valence-electron chi connectivity index (χ0n) is 12.0. The highest BCUT2D eigenvalue weighted by atomic mass is 16.6. The first-order chi connectivity index (χ1) is 9.45. The molecule has 0 spiro atoms. The largest absolute Gasteiger partial charge is 0.468 e. The van der Waals surface area contributed by atoms with E-state index in [2.05, 4.69) is 5.32 Å². The van der Waals surface area contributed by atoms with Gasteiger partial charge in [-0.05, 0) is 12.3 Å². The van der Waals surface area contributed by atoms with Crippen LogP contribution in [0.3, 0.4) is 0 Å². The summed E-state index contributed by atoms with van der Waals surface area (Å²) in [5.41, 5.74) is 0.600. The average molecular weight is 280 g/mol. The zero-order chi connectivity index (χ0) is 15.1. The van der Waals surface area contributed by atoms with Gasteiger partial charge in [-0.15, -0.1) is 0 Å². The third-order valence-electron chi connectivity index (χ3n) is 2.92. The molecule has 1 aromatic rings. The molecule has 0 amide bonds. The topological polar surface area (TPSA) is 81.5 Å². The van der Waals surface area contributed by atoms with Gasteiger partial charge in [-0.3, -0.25) is 14.9 Å². The van der Waals surface area contributed by atoms with E-state index in [1.807, 2.05) is 13.8 Å². The molecule has 0 aliphatic heterocycles. The Hall–Kier alpha value is -1.95. The normalized spacial score (nSPS) is 12.2. The van der Waals surface area contributed by atoms with Crippen LogP contribution >= 0.6 is 0 Å². The van der Waals surface area contributed by atoms with Crippen LogP contribution in [-0.4, -0.2) is 24.0 Å². The van der Waals surface area contributed by atoms with Crippen LogP contribution in [-0.2, 0) is 16.1 Å². The summed E-state index contributed by atoms with van der Waals surface area (Å²) in [5.74, 6) is -0.0327. The van der Waals surface area contributed by atoms with Gasteiger partial charge < -0.3 is 10.1 Å². The van der Waals surface area contributed by atoms with Gasteiger partial charge in [-0.1, -0.05) is 32.0 Å². The van der Waals surface area contributed by atoms with Crippen molar-refractivity contribution in [3.63, 3.8) is 0 Å². The number of methoxy groups -OCH3 is 1. The Morgan fingerprint density at radius 1 is 1.40 bits per heavy atom. The molecule has 0 saturated heterocycles. The van der Waals surface area contributed by atoms with Crippen LogP contribution in [0.1, 0.15) is 25.8 Å². The Morgan fingerprint density at radius 2 is 2.05 bits per heavy atom. The number of carbonyl (C=O) groups is 1. The molecule has 0 aliphatic rings. The smallest absolute Gasteiger partial charge is 0.322 e. The Balaban J connectivity index is 2.77. The van der Waals surface area contributed by atoms with E-state index in [0.717, 1.165) is 0 Å². The number of ether oxygens (including phenoxy) is 1. The van der Waals surface area contributed by atoms with Gasteiger partial charge >= 0.3 is 5.97 Å². The number of nitrogens with one attached hydrogen (secondary N) is 1. The monoisotopic (exact) mass is 280 g/mol. The maximum atomic E-state index is 11.7. The number of benzene rings is 1. The summed E-state index contributed by atoms with van der Waals surface area (Å²) in [7, 11) is 1.34. The molecule has 0 aliphatic carbocycles. The van der Waals surface area contributed by atoms with Crippen LogP contribution < -0.4 is 5.32 Å². The van der Waals surface area contributed by atoms with Crippen molar-refractivity contribution < 1.29 is 14.5 Å². The molecule has 1 rings (SSSR count). The minimum absolute atomic E-state index is 0.0492. The minimum atomic E-state index is -0.459. The SMILES string of the molecule is COC(=O)C(CC(C)C)NCc1ccccc1[N+](=O)[O-]. The van der Waals surface area contributed by atoms with Crippen LogP contribution in [0.4, 0.5) is 5.69 Å². The molecule has 0 saturated carbocycles. The summed E-state index contributed by atoms with van der Waals surface area (Å²) in [6.07, 6.45) is 0.618. The van der Waals surface area contributed by atoms with Crippen molar-refractivity contribution in [2.45, 2.75) is 32.9 Å². The van der Waals surface area contributed by atoms with E-state index in [1.165, 1.54) is 13.2 Å². The lowest BCUT2D eigenvalue weighted by Gasteiger charge is -2.18. The number of hydrogen-bond donors (Lipinski definition) is 1. The summed E-state index contributed by atoms with van der Waals surface area (Å²) in [4.78, 5) is 22.2. The number of hydrogen-bond acceptors (Lipinski definition) is 5. The van der Waals surface area contributed by atoms with E-state index >= 15 is 0 Å². The van der Waals surface area contributed by atoms with Crippen molar-refractivity contribution in [2.75, 3.05) is 7.11 Å². The number of esters is 1. The number of nitrogens with zero attached hydrogens (tertiary/aromatic N) is 1. The second kappa shape index (κ2) is 7.59. The van der Waals surface area contributed by atoms with Gasteiger partial charge in [0.2, 0.25) is 0 Å². The van der Waals surface area contributed by atoms with Crippen molar-refractivity contribution in [3.05, 3.63) is 39.9 Å². The van der Waals surface area contributed by atoms with Crippen molar-refractivity contribution in [2.24, 2.45) is 5.92 Å². The molecule has 1 unspecified atom stereocenters. The quantitative estimate of drug-likeness (QED) is 0.470. The van der Waals surface area contributed by atoms with E-state index < -0.39 is 11.0 Å². The molecule has 0 bridgehead atoms. The van der Waals surface area contributed by atoms with E-state index in [4.69, 9.17) is 4.74 Å². The zero-order valence-corrected chi connectivity index (χ0v) is 12.0. The van der Waals surface area contributed by atoms with Gasteiger partial charge in [-0.25, -0.2) is 0 Å². The molecular weight excluding hydrogens is 260 g/mol. The van der Waals surface area contributed by atoms with E-state index in [-0.39, 0.29) is 18.2 Å². The fraction of sp³-hybridized carbons (Fsp3) is 0.500. The van der Waals surface area contributed by atoms with Crippen molar-refractivity contribution in [1.82, 2.24) is 5.32 Å². The van der Waals surface area contributed by atoms with Crippen LogP contribution in [0.5, 0.6) is 0 Å². The lowest BCUT2D eigenvalue weighted by molar-refractivity contribution is -0.385. The Morgan fingerprint density at radius 3 is 2.60 bits per heavy atom. The molecule has 1 aromatic carbocycles. The molecule has 6 heteroatoms. The molecule has 0 fully saturated rings. The first-order valence-corrected chi connectivity index (χ1v) is 6.49. The second-order valence-electron chi connectivity index (χ2n) is 4.97. The number of rotatable bonds is 7. The Kier molecular flexibility index (Phi) is 6.11. The molecule has 1 N–H and O–H groups in total. The summed E-state index contributed by atoms with van der Waals surface area (Å²) in [5, 5.41) is 14.0. The van der Waals surface area contributed by atoms with E-state index in [1.54, 1.807) is 18.2 Å². The fourth-order valence-electron chi connectivity index (χ4n) is 1.95. The number of para-hydroxylation sites is 1. The third-order valence-corrected chi connectivity index (χ3v) is 2.92.